The Morgan fingerprint density at radius 2 is 1.85 bits per heavy atom. The lowest BCUT2D eigenvalue weighted by atomic mass is 10.0. The second-order valence-electron chi connectivity index (χ2n) is 6.00. The van der Waals surface area contributed by atoms with E-state index in [0.717, 1.165) is 34.0 Å². The van der Waals surface area contributed by atoms with E-state index in [-0.39, 0.29) is 6.79 Å². The SMILES string of the molecule is COCOc1ccc(Cl)c(-c2nc(C)c(C)c(-c3c(C)noc3C)n2)c1. The average molecular weight is 374 g/mol. The molecule has 0 saturated heterocycles. The first-order chi connectivity index (χ1) is 12.4. The molecule has 0 radical (unpaired) electrons. The number of rotatable bonds is 5. The maximum atomic E-state index is 6.40. The molecule has 0 amide bonds. The Balaban J connectivity index is 2.16. The van der Waals surface area contributed by atoms with E-state index in [1.54, 1.807) is 19.2 Å². The summed E-state index contributed by atoms with van der Waals surface area (Å²) in [5.74, 6) is 1.88. The number of methoxy groups -OCH3 is 1. The molecule has 0 fully saturated rings. The van der Waals surface area contributed by atoms with Crippen LogP contribution < -0.4 is 4.74 Å². The number of benzene rings is 1. The van der Waals surface area contributed by atoms with Gasteiger partial charge in [-0.25, -0.2) is 9.97 Å². The molecule has 6 nitrogen and oxygen atoms in total. The van der Waals surface area contributed by atoms with Crippen LogP contribution >= 0.6 is 11.6 Å². The Hall–Kier alpha value is -2.44. The van der Waals surface area contributed by atoms with Gasteiger partial charge in [0, 0.05) is 18.4 Å². The summed E-state index contributed by atoms with van der Waals surface area (Å²) in [6, 6.07) is 5.35. The lowest BCUT2D eigenvalue weighted by Gasteiger charge is -2.12. The van der Waals surface area contributed by atoms with E-state index in [2.05, 4.69) is 10.1 Å². The van der Waals surface area contributed by atoms with Gasteiger partial charge in [-0.3, -0.25) is 0 Å². The van der Waals surface area contributed by atoms with Crippen molar-refractivity contribution in [1.29, 1.82) is 0 Å². The summed E-state index contributed by atoms with van der Waals surface area (Å²) in [5.41, 5.74) is 5.00. The van der Waals surface area contributed by atoms with Crippen LogP contribution in [-0.2, 0) is 4.74 Å². The number of hydrogen-bond donors (Lipinski definition) is 0. The maximum Gasteiger partial charge on any atom is 0.188 e. The van der Waals surface area contributed by atoms with Gasteiger partial charge in [-0.15, -0.1) is 0 Å². The molecule has 0 aliphatic heterocycles. The van der Waals surface area contributed by atoms with Crippen LogP contribution in [0.3, 0.4) is 0 Å². The van der Waals surface area contributed by atoms with Crippen molar-refractivity contribution in [2.75, 3.05) is 13.9 Å². The van der Waals surface area contributed by atoms with Crippen LogP contribution in [0.15, 0.2) is 22.7 Å². The number of aryl methyl sites for hydroxylation is 3. The van der Waals surface area contributed by atoms with Gasteiger partial charge in [-0.05, 0) is 51.5 Å². The zero-order valence-corrected chi connectivity index (χ0v) is 16.1. The molecule has 1 aromatic carbocycles. The summed E-state index contributed by atoms with van der Waals surface area (Å²) in [7, 11) is 1.57. The second-order valence-corrected chi connectivity index (χ2v) is 6.41. The van der Waals surface area contributed by atoms with E-state index in [9.17, 15) is 0 Å². The Morgan fingerprint density at radius 1 is 1.08 bits per heavy atom. The van der Waals surface area contributed by atoms with Crippen molar-refractivity contribution in [3.05, 3.63) is 45.9 Å². The van der Waals surface area contributed by atoms with E-state index in [4.69, 9.17) is 30.6 Å². The van der Waals surface area contributed by atoms with Gasteiger partial charge in [0.1, 0.15) is 11.5 Å². The monoisotopic (exact) mass is 373 g/mol. The van der Waals surface area contributed by atoms with Crippen molar-refractivity contribution >= 4 is 11.6 Å². The first-order valence-corrected chi connectivity index (χ1v) is 8.50. The summed E-state index contributed by atoms with van der Waals surface area (Å²) in [4.78, 5) is 9.39. The van der Waals surface area contributed by atoms with Crippen molar-refractivity contribution in [2.45, 2.75) is 27.7 Å². The average Bonchev–Trinajstić information content (AvgIpc) is 2.95. The lowest BCUT2D eigenvalue weighted by molar-refractivity contribution is 0.0511. The zero-order valence-electron chi connectivity index (χ0n) is 15.4. The fraction of sp³-hybridized carbons (Fsp3) is 0.316. The Bertz CT molecular complexity index is 934. The van der Waals surface area contributed by atoms with Crippen molar-refractivity contribution in [3.8, 4) is 28.4 Å². The zero-order chi connectivity index (χ0) is 18.8. The van der Waals surface area contributed by atoms with Gasteiger partial charge in [0.25, 0.3) is 0 Å². The topological polar surface area (TPSA) is 70.3 Å². The van der Waals surface area contributed by atoms with E-state index < -0.39 is 0 Å². The Labute approximate surface area is 157 Å². The number of halogens is 1. The molecule has 0 spiro atoms. The molecular weight excluding hydrogens is 354 g/mol. The third kappa shape index (κ3) is 3.43. The number of aromatic nitrogens is 3. The summed E-state index contributed by atoms with van der Waals surface area (Å²) in [5, 5.41) is 4.58. The minimum atomic E-state index is 0.152. The Kier molecular flexibility index (Phi) is 5.25. The molecule has 3 aromatic rings. The maximum absolute atomic E-state index is 6.40. The van der Waals surface area contributed by atoms with Crippen LogP contribution in [0.2, 0.25) is 5.02 Å². The highest BCUT2D eigenvalue weighted by Crippen LogP contribution is 2.34. The molecule has 2 aromatic heterocycles. The number of ether oxygens (including phenoxy) is 2. The van der Waals surface area contributed by atoms with E-state index in [1.807, 2.05) is 33.8 Å². The van der Waals surface area contributed by atoms with E-state index in [0.29, 0.717) is 22.2 Å². The highest BCUT2D eigenvalue weighted by Gasteiger charge is 2.19. The van der Waals surface area contributed by atoms with Crippen LogP contribution in [0.4, 0.5) is 0 Å². The summed E-state index contributed by atoms with van der Waals surface area (Å²) in [6.07, 6.45) is 0. The molecule has 0 aliphatic carbocycles. The highest BCUT2D eigenvalue weighted by molar-refractivity contribution is 6.33. The van der Waals surface area contributed by atoms with Crippen LogP contribution in [0.1, 0.15) is 22.7 Å². The van der Waals surface area contributed by atoms with Gasteiger partial charge >= 0.3 is 0 Å². The predicted molar refractivity (Wildman–Crippen MR) is 99.4 cm³/mol. The molecule has 0 bridgehead atoms. The molecule has 136 valence electrons. The van der Waals surface area contributed by atoms with Gasteiger partial charge in [-0.1, -0.05) is 16.8 Å². The summed E-state index contributed by atoms with van der Waals surface area (Å²) in [6.45, 7) is 7.85. The third-order valence-electron chi connectivity index (χ3n) is 4.18. The fourth-order valence-corrected chi connectivity index (χ4v) is 2.91. The minimum absolute atomic E-state index is 0.152. The molecule has 0 atom stereocenters. The second kappa shape index (κ2) is 7.43. The summed E-state index contributed by atoms with van der Waals surface area (Å²) >= 11 is 6.40. The van der Waals surface area contributed by atoms with Crippen molar-refractivity contribution in [3.63, 3.8) is 0 Å². The molecule has 0 N–H and O–H groups in total. The smallest absolute Gasteiger partial charge is 0.188 e. The first kappa shape index (κ1) is 18.4. The van der Waals surface area contributed by atoms with Crippen molar-refractivity contribution in [1.82, 2.24) is 15.1 Å². The quantitative estimate of drug-likeness (QED) is 0.605. The van der Waals surface area contributed by atoms with Gasteiger partial charge in [0.05, 0.1) is 22.0 Å². The van der Waals surface area contributed by atoms with E-state index in [1.165, 1.54) is 0 Å². The van der Waals surface area contributed by atoms with Crippen LogP contribution in [-0.4, -0.2) is 29.0 Å². The van der Waals surface area contributed by atoms with Crippen LogP contribution in [0.25, 0.3) is 22.6 Å². The number of hydrogen-bond acceptors (Lipinski definition) is 6. The van der Waals surface area contributed by atoms with Crippen molar-refractivity contribution < 1.29 is 14.0 Å². The molecule has 0 saturated carbocycles. The van der Waals surface area contributed by atoms with Crippen molar-refractivity contribution in [2.24, 2.45) is 0 Å². The molecule has 7 heteroatoms. The molecule has 0 aliphatic rings. The fourth-order valence-electron chi connectivity index (χ4n) is 2.71. The highest BCUT2D eigenvalue weighted by atomic mass is 35.5. The van der Waals surface area contributed by atoms with Crippen LogP contribution in [0, 0.1) is 27.7 Å². The largest absolute Gasteiger partial charge is 0.468 e. The predicted octanol–water partition coefficient (Wildman–Crippen LogP) is 4.67. The van der Waals surface area contributed by atoms with Gasteiger partial charge in [0.15, 0.2) is 12.6 Å². The molecular formula is C19H20ClN3O3. The Morgan fingerprint density at radius 3 is 2.50 bits per heavy atom. The van der Waals surface area contributed by atoms with Gasteiger partial charge in [0.2, 0.25) is 0 Å². The van der Waals surface area contributed by atoms with E-state index >= 15 is 0 Å². The molecule has 26 heavy (non-hydrogen) atoms. The third-order valence-corrected chi connectivity index (χ3v) is 4.51. The number of nitrogens with zero attached hydrogens (tertiary/aromatic N) is 3. The molecule has 2 heterocycles. The first-order valence-electron chi connectivity index (χ1n) is 8.12. The lowest BCUT2D eigenvalue weighted by Crippen LogP contribution is -2.02. The summed E-state index contributed by atoms with van der Waals surface area (Å²) < 4.78 is 15.8. The normalized spacial score (nSPS) is 11.0. The molecule has 3 rings (SSSR count). The van der Waals surface area contributed by atoms with Gasteiger partial charge < -0.3 is 14.0 Å². The standard InChI is InChI=1S/C19H20ClN3O3/c1-10-11(2)21-19(22-18(10)17-12(3)23-26-13(17)4)15-8-14(25-9-24-5)6-7-16(15)20/h6-8H,9H2,1-5H3. The molecule has 0 unspecified atom stereocenters. The minimum Gasteiger partial charge on any atom is -0.468 e. The van der Waals surface area contributed by atoms with Crippen LogP contribution in [0.5, 0.6) is 5.75 Å². The van der Waals surface area contributed by atoms with Gasteiger partial charge in [-0.2, -0.15) is 0 Å².